The summed E-state index contributed by atoms with van der Waals surface area (Å²) in [5, 5.41) is 13.4. The number of aliphatic carboxylic acids is 1. The van der Waals surface area contributed by atoms with Gasteiger partial charge >= 0.3 is 24.4 Å². The molecule has 46 heavy (non-hydrogen) atoms. The van der Waals surface area contributed by atoms with Crippen LogP contribution in [0.3, 0.4) is 0 Å². The Morgan fingerprint density at radius 1 is 0.935 bits per heavy atom. The molecule has 1 heterocycles. The molecule has 1 fully saturated rings. The van der Waals surface area contributed by atoms with Crippen molar-refractivity contribution in [1.82, 2.24) is 5.32 Å². The molecule has 14 heteroatoms. The molecule has 1 saturated carbocycles. The summed E-state index contributed by atoms with van der Waals surface area (Å²) in [6, 6.07) is 15.4. The van der Waals surface area contributed by atoms with Crippen molar-refractivity contribution in [3.63, 3.8) is 0 Å². The third kappa shape index (κ3) is 7.73. The second kappa shape index (κ2) is 13.3. The average Bonchev–Trinajstić information content (AvgIpc) is 3.02. The highest BCUT2D eigenvalue weighted by Gasteiger charge is 2.54. The largest absolute Gasteiger partial charge is 0.540 e. The van der Waals surface area contributed by atoms with Crippen LogP contribution in [0.2, 0.25) is 0 Å². The molecule has 244 valence electrons. The van der Waals surface area contributed by atoms with Crippen LogP contribution in [0.4, 0.5) is 38.1 Å². The van der Waals surface area contributed by atoms with Crippen molar-refractivity contribution >= 4 is 29.3 Å². The normalized spacial score (nSPS) is 17.6. The van der Waals surface area contributed by atoms with Crippen LogP contribution >= 0.6 is 0 Å². The van der Waals surface area contributed by atoms with Crippen LogP contribution < -0.4 is 20.3 Å². The van der Waals surface area contributed by atoms with Gasteiger partial charge in [-0.15, -0.1) is 8.78 Å². The first-order valence-corrected chi connectivity index (χ1v) is 14.5. The van der Waals surface area contributed by atoms with Gasteiger partial charge in [-0.3, -0.25) is 9.69 Å². The maximum atomic E-state index is 14.3. The highest BCUT2D eigenvalue weighted by Crippen LogP contribution is 2.47. The number of carboxylic acids is 1. The lowest BCUT2D eigenvalue weighted by Crippen LogP contribution is -2.41. The molecule has 2 aliphatic rings. The van der Waals surface area contributed by atoms with E-state index in [1.54, 1.807) is 24.3 Å². The van der Waals surface area contributed by atoms with Crippen molar-refractivity contribution in [1.29, 1.82) is 0 Å². The Hall–Kier alpha value is -4.72. The number of carbonyl (C=O) groups excluding carboxylic acids is 2. The SMILES string of the molecule is O=C(NCC(F)C(=O)O)c1ccc(CN(C(=O)Nc2ccc3c(c2)C(F)(F)OC(F)(F)O3)c2ccc(C3CCCCC3)cc2)cc1. The van der Waals surface area contributed by atoms with E-state index in [-0.39, 0.29) is 17.8 Å². The van der Waals surface area contributed by atoms with Crippen molar-refractivity contribution in [3.8, 4) is 5.75 Å². The smallest absolute Gasteiger partial charge is 0.479 e. The molecule has 3 N–H and O–H groups in total. The highest BCUT2D eigenvalue weighted by atomic mass is 19.3. The summed E-state index contributed by atoms with van der Waals surface area (Å²) < 4.78 is 76.6. The lowest BCUT2D eigenvalue weighted by molar-refractivity contribution is -0.461. The van der Waals surface area contributed by atoms with Crippen LogP contribution in [0.25, 0.3) is 0 Å². The topological polar surface area (TPSA) is 117 Å². The van der Waals surface area contributed by atoms with Gasteiger partial charge in [0.25, 0.3) is 5.91 Å². The summed E-state index contributed by atoms with van der Waals surface area (Å²) in [6.07, 6.45) is -5.60. The maximum absolute atomic E-state index is 14.3. The van der Waals surface area contributed by atoms with Gasteiger partial charge in [0, 0.05) is 16.9 Å². The second-order valence-electron chi connectivity index (χ2n) is 11.1. The van der Waals surface area contributed by atoms with Gasteiger partial charge in [-0.05, 0) is 72.4 Å². The molecule has 0 saturated heterocycles. The number of anilines is 2. The number of carboxylic acid groups (broad SMARTS) is 1. The fourth-order valence-electron chi connectivity index (χ4n) is 5.43. The van der Waals surface area contributed by atoms with E-state index in [9.17, 15) is 36.3 Å². The fourth-order valence-corrected chi connectivity index (χ4v) is 5.43. The van der Waals surface area contributed by atoms with Crippen molar-refractivity contribution in [2.75, 3.05) is 16.8 Å². The summed E-state index contributed by atoms with van der Waals surface area (Å²) in [5.74, 6) is -2.80. The van der Waals surface area contributed by atoms with Gasteiger partial charge in [-0.25, -0.2) is 18.7 Å². The predicted octanol–water partition coefficient (Wildman–Crippen LogP) is 7.13. The predicted molar refractivity (Wildman–Crippen MR) is 156 cm³/mol. The molecule has 1 atom stereocenters. The Morgan fingerprint density at radius 2 is 1.61 bits per heavy atom. The number of ether oxygens (including phenoxy) is 2. The Labute approximate surface area is 260 Å². The number of nitrogens with one attached hydrogen (secondary N) is 2. The first-order valence-electron chi connectivity index (χ1n) is 14.5. The standard InChI is InChI=1S/C32H30F5N3O6/c33-26(29(42)43)17-38-28(41)22-8-6-19(7-9-22)18-40(24-13-10-21(11-14-24)20-4-2-1-3-5-20)30(44)39-23-12-15-27-25(16-23)31(34,35)46-32(36,37)45-27/h6-16,20,26H,1-5,17-18H2,(H,38,41)(H,39,44)(H,42,43). The van der Waals surface area contributed by atoms with E-state index in [4.69, 9.17) is 5.11 Å². The zero-order chi connectivity index (χ0) is 33.1. The zero-order valence-corrected chi connectivity index (χ0v) is 24.3. The van der Waals surface area contributed by atoms with Crippen molar-refractivity contribution in [2.24, 2.45) is 0 Å². The number of carbonyl (C=O) groups is 3. The van der Waals surface area contributed by atoms with Crippen LogP contribution in [0.15, 0.2) is 66.7 Å². The quantitative estimate of drug-likeness (QED) is 0.213. The average molecular weight is 648 g/mol. The minimum atomic E-state index is -4.54. The van der Waals surface area contributed by atoms with Gasteiger partial charge in [-0.2, -0.15) is 8.78 Å². The van der Waals surface area contributed by atoms with Gasteiger partial charge in [-0.1, -0.05) is 43.5 Å². The number of hydrogen-bond acceptors (Lipinski definition) is 5. The fraction of sp³-hybridized carbons (Fsp3) is 0.344. The van der Waals surface area contributed by atoms with E-state index in [1.807, 2.05) is 12.1 Å². The van der Waals surface area contributed by atoms with Crippen molar-refractivity contribution < 1.29 is 50.9 Å². The minimum absolute atomic E-state index is 0.0401. The Morgan fingerprint density at radius 3 is 2.26 bits per heavy atom. The van der Waals surface area contributed by atoms with Gasteiger partial charge in [0.15, 0.2) is 0 Å². The first-order chi connectivity index (χ1) is 21.8. The number of hydrogen-bond donors (Lipinski definition) is 3. The van der Waals surface area contributed by atoms with E-state index in [1.165, 1.54) is 23.5 Å². The highest BCUT2D eigenvalue weighted by molar-refractivity contribution is 6.02. The number of rotatable bonds is 9. The maximum Gasteiger partial charge on any atom is 0.540 e. The van der Waals surface area contributed by atoms with Gasteiger partial charge in [0.2, 0.25) is 6.17 Å². The van der Waals surface area contributed by atoms with E-state index >= 15 is 0 Å². The van der Waals surface area contributed by atoms with Crippen LogP contribution in [0.1, 0.15) is 65.1 Å². The summed E-state index contributed by atoms with van der Waals surface area (Å²) in [6.45, 7) is -0.752. The third-order valence-corrected chi connectivity index (χ3v) is 7.81. The van der Waals surface area contributed by atoms with Crippen LogP contribution in [0, 0.1) is 0 Å². The number of fused-ring (bicyclic) bond motifs is 1. The van der Waals surface area contributed by atoms with E-state index < -0.39 is 54.3 Å². The van der Waals surface area contributed by atoms with E-state index in [0.717, 1.165) is 49.4 Å². The zero-order valence-electron chi connectivity index (χ0n) is 24.3. The van der Waals surface area contributed by atoms with Crippen LogP contribution in [0.5, 0.6) is 5.75 Å². The van der Waals surface area contributed by atoms with Crippen molar-refractivity contribution in [3.05, 3.63) is 89.0 Å². The second-order valence-corrected chi connectivity index (χ2v) is 11.1. The third-order valence-electron chi connectivity index (χ3n) is 7.81. The monoisotopic (exact) mass is 647 g/mol. The summed E-state index contributed by atoms with van der Waals surface area (Å²) in [4.78, 5) is 37.9. The molecule has 1 aliphatic carbocycles. The summed E-state index contributed by atoms with van der Waals surface area (Å²) >= 11 is 0. The Bertz CT molecular complexity index is 1580. The molecule has 0 bridgehead atoms. The van der Waals surface area contributed by atoms with Gasteiger partial charge in [0.05, 0.1) is 18.7 Å². The number of alkyl halides is 5. The first kappa shape index (κ1) is 32.7. The Balaban J connectivity index is 1.37. The van der Waals surface area contributed by atoms with E-state index in [0.29, 0.717) is 17.2 Å². The van der Waals surface area contributed by atoms with E-state index in [2.05, 4.69) is 20.1 Å². The molecule has 0 aromatic heterocycles. The summed E-state index contributed by atoms with van der Waals surface area (Å²) in [7, 11) is 0. The molecular formula is C32H30F5N3O6. The molecule has 5 rings (SSSR count). The number of nitrogens with zero attached hydrogens (tertiary/aromatic N) is 1. The van der Waals surface area contributed by atoms with Gasteiger partial charge in [0.1, 0.15) is 5.75 Å². The molecule has 3 amide bonds. The molecule has 9 nitrogen and oxygen atoms in total. The lowest BCUT2D eigenvalue weighted by Gasteiger charge is -2.31. The molecule has 1 unspecified atom stereocenters. The van der Waals surface area contributed by atoms with Crippen LogP contribution in [-0.2, 0) is 22.2 Å². The molecule has 3 aromatic carbocycles. The summed E-state index contributed by atoms with van der Waals surface area (Å²) in [5.41, 5.74) is 1.15. The van der Waals surface area contributed by atoms with Crippen LogP contribution in [-0.4, -0.2) is 42.0 Å². The molecule has 1 aliphatic heterocycles. The molecular weight excluding hydrogens is 617 g/mol. The number of benzene rings is 3. The number of urea groups is 1. The molecule has 3 aromatic rings. The number of halogens is 5. The van der Waals surface area contributed by atoms with Gasteiger partial charge < -0.3 is 20.5 Å². The Kier molecular flexibility index (Phi) is 9.47. The molecule has 0 spiro atoms. The molecule has 0 radical (unpaired) electrons. The minimum Gasteiger partial charge on any atom is -0.479 e. The lowest BCUT2D eigenvalue weighted by atomic mass is 9.84. The van der Waals surface area contributed by atoms with Crippen molar-refractivity contribution in [2.45, 2.75) is 63.1 Å². The number of amides is 3.